The third kappa shape index (κ3) is 5.75. The molecule has 1 aromatic heterocycles. The zero-order valence-electron chi connectivity index (χ0n) is 10.8. The van der Waals surface area contributed by atoms with Crippen molar-refractivity contribution in [3.63, 3.8) is 0 Å². The summed E-state index contributed by atoms with van der Waals surface area (Å²) in [4.78, 5) is 21.0. The predicted octanol–water partition coefficient (Wildman–Crippen LogP) is 1.49. The second kappa shape index (κ2) is 8.60. The summed E-state index contributed by atoms with van der Waals surface area (Å²) in [5, 5.41) is 1.63. The zero-order valence-corrected chi connectivity index (χ0v) is 10.8. The average Bonchev–Trinajstić information content (AvgIpc) is 2.37. The van der Waals surface area contributed by atoms with Gasteiger partial charge in [0, 0.05) is 19.2 Å². The van der Waals surface area contributed by atoms with Gasteiger partial charge in [0.15, 0.2) is 0 Å². The summed E-state index contributed by atoms with van der Waals surface area (Å²) < 4.78 is 0. The quantitative estimate of drug-likeness (QED) is 0.709. The lowest BCUT2D eigenvalue weighted by molar-refractivity contribution is -0.194. The van der Waals surface area contributed by atoms with Crippen molar-refractivity contribution in [3.8, 4) is 0 Å². The number of carbonyl (C=O) groups is 1. The first-order chi connectivity index (χ1) is 8.76. The number of carbonyl (C=O) groups excluding carboxylic acids is 1. The molecule has 5 nitrogen and oxygen atoms in total. The summed E-state index contributed by atoms with van der Waals surface area (Å²) in [6.07, 6.45) is 3.73. The second-order valence-corrected chi connectivity index (χ2v) is 4.04. The van der Waals surface area contributed by atoms with E-state index in [-0.39, 0.29) is 5.97 Å². The smallest absolute Gasteiger partial charge is 0.325 e. The lowest BCUT2D eigenvalue weighted by atomic mass is 10.3. The van der Waals surface area contributed by atoms with Gasteiger partial charge in [0.1, 0.15) is 0 Å². The molecule has 0 atom stereocenters. The summed E-state index contributed by atoms with van der Waals surface area (Å²) in [5.74, 6) is -0.203. The number of hydrogen-bond donors (Lipinski definition) is 1. The normalized spacial score (nSPS) is 10.6. The van der Waals surface area contributed by atoms with E-state index in [0.717, 1.165) is 18.5 Å². The number of nitrogens with two attached hydrogens (primary N) is 1. The van der Waals surface area contributed by atoms with Crippen molar-refractivity contribution >= 4 is 5.97 Å². The molecule has 0 amide bonds. The highest BCUT2D eigenvalue weighted by atomic mass is 16.7. The fourth-order valence-electron chi connectivity index (χ4n) is 1.49. The van der Waals surface area contributed by atoms with Crippen molar-refractivity contribution in [2.75, 3.05) is 13.1 Å². The minimum atomic E-state index is -0.203. The monoisotopic (exact) mass is 251 g/mol. The van der Waals surface area contributed by atoms with Crippen LogP contribution >= 0.6 is 0 Å². The van der Waals surface area contributed by atoms with E-state index in [2.05, 4.69) is 4.98 Å². The highest BCUT2D eigenvalue weighted by Crippen LogP contribution is 2.05. The van der Waals surface area contributed by atoms with Gasteiger partial charge in [-0.3, -0.25) is 9.78 Å². The van der Waals surface area contributed by atoms with Gasteiger partial charge in [0.2, 0.25) is 0 Å². The first-order valence-corrected chi connectivity index (χ1v) is 6.32. The zero-order chi connectivity index (χ0) is 13.2. The Morgan fingerprint density at radius 3 is 2.94 bits per heavy atom. The van der Waals surface area contributed by atoms with Crippen molar-refractivity contribution < 1.29 is 9.63 Å². The van der Waals surface area contributed by atoms with Crippen molar-refractivity contribution in [1.82, 2.24) is 10.0 Å². The van der Waals surface area contributed by atoms with Crippen LogP contribution in [0, 0.1) is 0 Å². The molecule has 0 saturated heterocycles. The maximum atomic E-state index is 11.5. The summed E-state index contributed by atoms with van der Waals surface area (Å²) >= 11 is 0. The highest BCUT2D eigenvalue weighted by molar-refractivity contribution is 5.68. The molecule has 0 unspecified atom stereocenters. The van der Waals surface area contributed by atoms with Gasteiger partial charge in [0.25, 0.3) is 0 Å². The standard InChI is InChI=1S/C13H21N3O2/c1-2-6-13(17)18-16(10-5-8-14)11-12-7-3-4-9-15-12/h3-4,7,9H,2,5-6,8,10-11,14H2,1H3. The van der Waals surface area contributed by atoms with Crippen molar-refractivity contribution in [2.24, 2.45) is 5.73 Å². The Hall–Kier alpha value is -1.46. The SMILES string of the molecule is CCCC(=O)ON(CCCN)Cc1ccccn1. The molecule has 2 N–H and O–H groups in total. The summed E-state index contributed by atoms with van der Waals surface area (Å²) in [6.45, 7) is 3.65. The van der Waals surface area contributed by atoms with Crippen LogP contribution < -0.4 is 5.73 Å². The predicted molar refractivity (Wildman–Crippen MR) is 69.3 cm³/mol. The minimum Gasteiger partial charge on any atom is -0.368 e. The molecule has 0 spiro atoms. The van der Waals surface area contributed by atoms with Gasteiger partial charge in [-0.2, -0.15) is 0 Å². The lowest BCUT2D eigenvalue weighted by Gasteiger charge is -2.20. The molecular weight excluding hydrogens is 230 g/mol. The van der Waals surface area contributed by atoms with Gasteiger partial charge in [-0.15, -0.1) is 5.06 Å². The number of hydroxylamine groups is 2. The number of aromatic nitrogens is 1. The van der Waals surface area contributed by atoms with E-state index in [1.807, 2.05) is 25.1 Å². The first-order valence-electron chi connectivity index (χ1n) is 6.32. The second-order valence-electron chi connectivity index (χ2n) is 4.04. The topological polar surface area (TPSA) is 68.5 Å². The molecule has 0 aliphatic rings. The van der Waals surface area contributed by atoms with Gasteiger partial charge >= 0.3 is 5.97 Å². The first kappa shape index (κ1) is 14.6. The van der Waals surface area contributed by atoms with E-state index < -0.39 is 0 Å². The van der Waals surface area contributed by atoms with Crippen LogP contribution in [0.1, 0.15) is 31.9 Å². The van der Waals surface area contributed by atoms with E-state index in [0.29, 0.717) is 26.1 Å². The van der Waals surface area contributed by atoms with Crippen LogP contribution in [-0.2, 0) is 16.2 Å². The van der Waals surface area contributed by atoms with Crippen molar-refractivity contribution in [3.05, 3.63) is 30.1 Å². The highest BCUT2D eigenvalue weighted by Gasteiger charge is 2.11. The molecule has 1 rings (SSSR count). The molecule has 18 heavy (non-hydrogen) atoms. The largest absolute Gasteiger partial charge is 0.368 e. The van der Waals surface area contributed by atoms with Crippen LogP contribution in [0.5, 0.6) is 0 Å². The Morgan fingerprint density at radius 2 is 2.33 bits per heavy atom. The summed E-state index contributed by atoms with van der Waals surface area (Å²) in [7, 11) is 0. The van der Waals surface area contributed by atoms with E-state index in [1.54, 1.807) is 11.3 Å². The molecular formula is C13H21N3O2. The Morgan fingerprint density at radius 1 is 1.50 bits per heavy atom. The maximum Gasteiger partial charge on any atom is 0.325 e. The van der Waals surface area contributed by atoms with Crippen LogP contribution in [0.4, 0.5) is 0 Å². The van der Waals surface area contributed by atoms with Crippen LogP contribution in [0.15, 0.2) is 24.4 Å². The van der Waals surface area contributed by atoms with Gasteiger partial charge in [0.05, 0.1) is 12.2 Å². The van der Waals surface area contributed by atoms with E-state index >= 15 is 0 Å². The molecule has 100 valence electrons. The molecule has 1 heterocycles. The average molecular weight is 251 g/mol. The molecule has 0 aromatic carbocycles. The molecule has 1 aromatic rings. The summed E-state index contributed by atoms with van der Waals surface area (Å²) in [6, 6.07) is 5.68. The minimum absolute atomic E-state index is 0.203. The van der Waals surface area contributed by atoms with E-state index in [4.69, 9.17) is 10.6 Å². The van der Waals surface area contributed by atoms with Crippen LogP contribution in [-0.4, -0.2) is 29.1 Å². The summed E-state index contributed by atoms with van der Waals surface area (Å²) in [5.41, 5.74) is 6.35. The van der Waals surface area contributed by atoms with Crippen LogP contribution in [0.25, 0.3) is 0 Å². The number of rotatable bonds is 8. The van der Waals surface area contributed by atoms with E-state index in [9.17, 15) is 4.79 Å². The Labute approximate surface area is 108 Å². The van der Waals surface area contributed by atoms with Crippen LogP contribution in [0.2, 0.25) is 0 Å². The van der Waals surface area contributed by atoms with Gasteiger partial charge < -0.3 is 10.6 Å². The number of pyridine rings is 1. The van der Waals surface area contributed by atoms with Gasteiger partial charge in [-0.25, -0.2) is 0 Å². The Kier molecular flexibility index (Phi) is 6.98. The third-order valence-electron chi connectivity index (χ3n) is 2.36. The van der Waals surface area contributed by atoms with Gasteiger partial charge in [-0.05, 0) is 31.5 Å². The molecule has 5 heteroatoms. The molecule has 0 bridgehead atoms. The molecule has 0 fully saturated rings. The molecule has 0 aliphatic heterocycles. The van der Waals surface area contributed by atoms with E-state index in [1.165, 1.54) is 0 Å². The number of nitrogens with zero attached hydrogens (tertiary/aromatic N) is 2. The lowest BCUT2D eigenvalue weighted by Crippen LogP contribution is -2.29. The third-order valence-corrected chi connectivity index (χ3v) is 2.36. The Bertz CT molecular complexity index is 343. The number of hydrogen-bond acceptors (Lipinski definition) is 5. The van der Waals surface area contributed by atoms with Crippen molar-refractivity contribution in [1.29, 1.82) is 0 Å². The molecule has 0 aliphatic carbocycles. The van der Waals surface area contributed by atoms with Crippen LogP contribution in [0.3, 0.4) is 0 Å². The Balaban J connectivity index is 2.52. The fraction of sp³-hybridized carbons (Fsp3) is 0.538. The molecule has 0 saturated carbocycles. The molecule has 0 radical (unpaired) electrons. The van der Waals surface area contributed by atoms with Gasteiger partial charge in [-0.1, -0.05) is 13.0 Å². The fourth-order valence-corrected chi connectivity index (χ4v) is 1.49. The maximum absolute atomic E-state index is 11.5. The van der Waals surface area contributed by atoms with Crippen molar-refractivity contribution in [2.45, 2.75) is 32.7 Å².